The van der Waals surface area contributed by atoms with Crippen LogP contribution in [-0.4, -0.2) is 41.0 Å². The van der Waals surface area contributed by atoms with E-state index in [-0.39, 0.29) is 10.8 Å². The van der Waals surface area contributed by atoms with Crippen molar-refractivity contribution in [3.8, 4) is 11.1 Å². The van der Waals surface area contributed by atoms with Gasteiger partial charge in [-0.1, -0.05) is 51.1 Å². The molecule has 40 heavy (non-hydrogen) atoms. The zero-order chi connectivity index (χ0) is 29.3. The van der Waals surface area contributed by atoms with Gasteiger partial charge in [-0.2, -0.15) is 0 Å². The minimum atomic E-state index is -3.81. The van der Waals surface area contributed by atoms with Crippen LogP contribution < -0.4 is 10.6 Å². The highest BCUT2D eigenvalue weighted by Crippen LogP contribution is 2.31. The summed E-state index contributed by atoms with van der Waals surface area (Å²) < 4.78 is 32.9. The zero-order valence-electron chi connectivity index (χ0n) is 23.4. The van der Waals surface area contributed by atoms with Gasteiger partial charge in [-0.05, 0) is 73.7 Å². The largest absolute Gasteiger partial charge is 0.444 e. The number of hydrogen-bond acceptors (Lipinski definition) is 6. The normalized spacial score (nSPS) is 13.1. The van der Waals surface area contributed by atoms with Crippen molar-refractivity contribution in [2.45, 2.75) is 58.1 Å². The van der Waals surface area contributed by atoms with E-state index in [0.717, 1.165) is 11.1 Å². The molecule has 0 unspecified atom stereocenters. The molecule has 2 aromatic heterocycles. The lowest BCUT2D eigenvalue weighted by Crippen LogP contribution is -2.52. The number of fused-ring (bicyclic) bond motifs is 1. The summed E-state index contributed by atoms with van der Waals surface area (Å²) in [6.07, 6.45) is 2.41. The number of nitrogens with zero attached hydrogens (tertiary/aromatic N) is 2. The summed E-state index contributed by atoms with van der Waals surface area (Å²) in [5.74, 6) is -0.374. The molecule has 210 valence electrons. The molecule has 4 rings (SSSR count). The Hall–Kier alpha value is -4.18. The van der Waals surface area contributed by atoms with Gasteiger partial charge in [0, 0.05) is 23.5 Å². The van der Waals surface area contributed by atoms with E-state index >= 15 is 0 Å². The van der Waals surface area contributed by atoms with Crippen LogP contribution in [0.4, 0.5) is 10.5 Å². The summed E-state index contributed by atoms with van der Waals surface area (Å²) in [6.45, 7) is 10.8. The first kappa shape index (κ1) is 28.8. The van der Waals surface area contributed by atoms with Gasteiger partial charge < -0.3 is 15.4 Å². The number of pyridine rings is 1. The lowest BCUT2D eigenvalue weighted by molar-refractivity contribution is -0.120. The van der Waals surface area contributed by atoms with Gasteiger partial charge in [-0.25, -0.2) is 22.2 Å². The fourth-order valence-corrected chi connectivity index (χ4v) is 5.54. The summed E-state index contributed by atoms with van der Waals surface area (Å²) in [7, 11) is -3.81. The van der Waals surface area contributed by atoms with E-state index in [1.807, 2.05) is 39.0 Å². The third-order valence-electron chi connectivity index (χ3n) is 6.11. The topological polar surface area (TPSA) is 119 Å². The number of benzene rings is 2. The lowest BCUT2D eigenvalue weighted by Gasteiger charge is -2.31. The van der Waals surface area contributed by atoms with Gasteiger partial charge in [0.25, 0.3) is 10.0 Å². The molecule has 0 aliphatic rings. The third kappa shape index (κ3) is 6.34. The van der Waals surface area contributed by atoms with Crippen molar-refractivity contribution in [3.05, 3.63) is 79.1 Å². The highest BCUT2D eigenvalue weighted by Gasteiger charge is 2.34. The molecule has 2 aromatic carbocycles. The number of hydrogen-bond donors (Lipinski definition) is 2. The fraction of sp³-hybridized carbons (Fsp3) is 0.300. The predicted molar refractivity (Wildman–Crippen MR) is 155 cm³/mol. The van der Waals surface area contributed by atoms with E-state index in [9.17, 15) is 18.0 Å². The molecule has 10 heteroatoms. The zero-order valence-corrected chi connectivity index (χ0v) is 24.2. The summed E-state index contributed by atoms with van der Waals surface area (Å²) in [4.78, 5) is 30.0. The minimum Gasteiger partial charge on any atom is -0.444 e. The van der Waals surface area contributed by atoms with Crippen molar-refractivity contribution in [1.29, 1.82) is 0 Å². The van der Waals surface area contributed by atoms with E-state index in [2.05, 4.69) is 15.6 Å². The number of aromatic nitrogens is 2. The van der Waals surface area contributed by atoms with Gasteiger partial charge in [-0.3, -0.25) is 4.79 Å². The van der Waals surface area contributed by atoms with Crippen LogP contribution in [0.1, 0.15) is 41.5 Å². The summed E-state index contributed by atoms with van der Waals surface area (Å²) >= 11 is 0. The van der Waals surface area contributed by atoms with Crippen molar-refractivity contribution in [2.24, 2.45) is 5.41 Å². The van der Waals surface area contributed by atoms with E-state index < -0.39 is 33.2 Å². The first-order valence-electron chi connectivity index (χ1n) is 12.8. The average molecular weight is 563 g/mol. The summed E-state index contributed by atoms with van der Waals surface area (Å²) in [6, 6.07) is 18.1. The second-order valence-corrected chi connectivity index (χ2v) is 13.4. The molecule has 0 bridgehead atoms. The number of ether oxygens (including phenoxy) is 1. The number of amides is 2. The van der Waals surface area contributed by atoms with E-state index in [1.54, 1.807) is 75.5 Å². The quantitative estimate of drug-likeness (QED) is 0.306. The molecule has 9 nitrogen and oxygen atoms in total. The molecule has 0 saturated heterocycles. The molecule has 2 N–H and O–H groups in total. The van der Waals surface area contributed by atoms with Crippen LogP contribution in [0.15, 0.2) is 84.0 Å². The number of carbonyl (C=O) groups is 2. The van der Waals surface area contributed by atoms with E-state index in [4.69, 9.17) is 4.74 Å². The molecular weight excluding hydrogens is 528 g/mol. The molecule has 0 aliphatic carbocycles. The van der Waals surface area contributed by atoms with Gasteiger partial charge in [-0.15, -0.1) is 0 Å². The molecule has 1 atom stereocenters. The van der Waals surface area contributed by atoms with Gasteiger partial charge in [0.15, 0.2) is 5.65 Å². The SMILES string of the molecule is CC(C)(C)OC(=O)N[C@@H](C(=O)Nc1ccc(-c2ccnc3c2ccn3S(=O)(=O)c2ccccc2)cc1)C(C)(C)C. The van der Waals surface area contributed by atoms with Crippen molar-refractivity contribution in [2.75, 3.05) is 5.32 Å². The van der Waals surface area contributed by atoms with Crippen LogP contribution in [0.2, 0.25) is 0 Å². The molecule has 0 aliphatic heterocycles. The van der Waals surface area contributed by atoms with Crippen molar-refractivity contribution < 1.29 is 22.7 Å². The third-order valence-corrected chi connectivity index (χ3v) is 7.79. The van der Waals surface area contributed by atoms with E-state index in [1.165, 1.54) is 10.2 Å². The maximum absolute atomic E-state index is 13.2. The molecule has 2 amide bonds. The van der Waals surface area contributed by atoms with Gasteiger partial charge >= 0.3 is 6.09 Å². The molecule has 0 spiro atoms. The highest BCUT2D eigenvalue weighted by molar-refractivity contribution is 7.90. The molecule has 4 aromatic rings. The Morgan fingerprint density at radius 2 is 1.55 bits per heavy atom. The number of alkyl carbamates (subject to hydrolysis) is 1. The number of nitrogens with one attached hydrogen (secondary N) is 2. The Kier molecular flexibility index (Phi) is 7.76. The Morgan fingerprint density at radius 1 is 0.900 bits per heavy atom. The maximum Gasteiger partial charge on any atom is 0.408 e. The molecule has 0 saturated carbocycles. The second kappa shape index (κ2) is 10.8. The second-order valence-electron chi connectivity index (χ2n) is 11.5. The highest BCUT2D eigenvalue weighted by atomic mass is 32.2. The van der Waals surface area contributed by atoms with Crippen LogP contribution in [0, 0.1) is 5.41 Å². The molecule has 0 fully saturated rings. The maximum atomic E-state index is 13.2. The summed E-state index contributed by atoms with van der Waals surface area (Å²) in [5, 5.41) is 6.23. The number of rotatable bonds is 6. The standard InChI is InChI=1S/C30H34N4O5S/c1-29(2,3)25(33-28(36)39-30(4,5)6)27(35)32-21-14-12-20(13-15-21)23-16-18-31-26-24(23)17-19-34(26)40(37,38)22-10-8-7-9-11-22/h7-19,25H,1-6H3,(H,32,35)(H,33,36)/t25-/m0/s1. The minimum absolute atomic E-state index is 0.175. The Labute approximate surface area is 234 Å². The van der Waals surface area contributed by atoms with Crippen molar-refractivity contribution in [3.63, 3.8) is 0 Å². The average Bonchev–Trinajstić information content (AvgIpc) is 3.32. The Bertz CT molecular complexity index is 1630. The number of anilines is 1. The Balaban J connectivity index is 1.57. The van der Waals surface area contributed by atoms with Crippen LogP contribution in [0.3, 0.4) is 0 Å². The predicted octanol–water partition coefficient (Wildman–Crippen LogP) is 5.82. The summed E-state index contributed by atoms with van der Waals surface area (Å²) in [5.41, 5.74) is 1.22. The van der Waals surface area contributed by atoms with Crippen molar-refractivity contribution >= 4 is 38.7 Å². The lowest BCUT2D eigenvalue weighted by atomic mass is 9.86. The molecule has 0 radical (unpaired) electrons. The van der Waals surface area contributed by atoms with Crippen molar-refractivity contribution in [1.82, 2.24) is 14.3 Å². The van der Waals surface area contributed by atoms with Gasteiger partial charge in [0.2, 0.25) is 5.91 Å². The smallest absolute Gasteiger partial charge is 0.408 e. The van der Waals surface area contributed by atoms with Gasteiger partial charge in [0.05, 0.1) is 4.90 Å². The van der Waals surface area contributed by atoms with Crippen LogP contribution in [0.25, 0.3) is 22.2 Å². The Morgan fingerprint density at radius 3 is 2.15 bits per heavy atom. The molecular formula is C30H34N4O5S. The first-order valence-corrected chi connectivity index (χ1v) is 14.3. The van der Waals surface area contributed by atoms with E-state index in [0.29, 0.717) is 16.7 Å². The first-order chi connectivity index (χ1) is 18.7. The molecule has 2 heterocycles. The monoisotopic (exact) mass is 562 g/mol. The van der Waals surface area contributed by atoms with Crippen LogP contribution in [-0.2, 0) is 19.6 Å². The van der Waals surface area contributed by atoms with Gasteiger partial charge in [0.1, 0.15) is 11.6 Å². The van der Waals surface area contributed by atoms with Crippen LogP contribution in [0.5, 0.6) is 0 Å². The fourth-order valence-electron chi connectivity index (χ4n) is 4.21. The van der Waals surface area contributed by atoms with Crippen LogP contribution >= 0.6 is 0 Å². The number of carbonyl (C=O) groups excluding carboxylic acids is 2.